The van der Waals surface area contributed by atoms with Gasteiger partial charge in [0.15, 0.2) is 0 Å². The van der Waals surface area contributed by atoms with Crippen LogP contribution in [-0.2, 0) is 9.31 Å². The standard InChI is InChI=1S/C21H33BN2O4/c1-20(2)21(3,4)28-22(27-20)17-10-15(18(23)11-19(17)26-5)12-24-16-8-6-14(13-25)7-9-16/h10-12,14,16,25H,6-9,13,23H2,1-5H3. The summed E-state index contributed by atoms with van der Waals surface area (Å²) in [6.45, 7) is 8.40. The van der Waals surface area contributed by atoms with E-state index in [0.717, 1.165) is 36.7 Å². The molecule has 2 fully saturated rings. The van der Waals surface area contributed by atoms with Crippen molar-refractivity contribution in [2.45, 2.75) is 70.6 Å². The third kappa shape index (κ3) is 4.21. The van der Waals surface area contributed by atoms with Gasteiger partial charge in [0.1, 0.15) is 5.75 Å². The molecule has 2 aliphatic rings. The van der Waals surface area contributed by atoms with Crippen LogP contribution in [0.4, 0.5) is 5.69 Å². The summed E-state index contributed by atoms with van der Waals surface area (Å²) < 4.78 is 17.9. The predicted octanol–water partition coefficient (Wildman–Crippen LogP) is 2.55. The number of methoxy groups -OCH3 is 1. The monoisotopic (exact) mass is 388 g/mol. The summed E-state index contributed by atoms with van der Waals surface area (Å²) >= 11 is 0. The summed E-state index contributed by atoms with van der Waals surface area (Å²) in [6, 6.07) is 4.05. The average Bonchev–Trinajstić information content (AvgIpc) is 2.88. The van der Waals surface area contributed by atoms with Crippen LogP contribution < -0.4 is 15.9 Å². The molecule has 1 aromatic carbocycles. The molecule has 28 heavy (non-hydrogen) atoms. The van der Waals surface area contributed by atoms with Gasteiger partial charge in [0.2, 0.25) is 0 Å². The molecule has 3 rings (SSSR count). The Morgan fingerprint density at radius 1 is 1.18 bits per heavy atom. The number of aliphatic imine (C=N–C) groups is 1. The minimum absolute atomic E-state index is 0.277. The van der Waals surface area contributed by atoms with Crippen LogP contribution in [0.5, 0.6) is 5.75 Å². The molecule has 3 N–H and O–H groups in total. The van der Waals surface area contributed by atoms with Crippen molar-refractivity contribution in [2.75, 3.05) is 19.5 Å². The Hall–Kier alpha value is -1.57. The van der Waals surface area contributed by atoms with E-state index in [1.807, 2.05) is 46.0 Å². The van der Waals surface area contributed by atoms with Crippen LogP contribution >= 0.6 is 0 Å². The molecule has 0 spiro atoms. The zero-order valence-corrected chi connectivity index (χ0v) is 17.7. The summed E-state index contributed by atoms with van der Waals surface area (Å²) in [4.78, 5) is 4.75. The molecule has 1 aromatic rings. The summed E-state index contributed by atoms with van der Waals surface area (Å²) in [5, 5.41) is 9.29. The summed E-state index contributed by atoms with van der Waals surface area (Å²) in [5.41, 5.74) is 7.67. The van der Waals surface area contributed by atoms with Crippen molar-refractivity contribution in [3.05, 3.63) is 17.7 Å². The number of nitrogens with zero attached hydrogens (tertiary/aromatic N) is 1. The number of aliphatic hydroxyl groups is 1. The first-order valence-electron chi connectivity index (χ1n) is 10.1. The van der Waals surface area contributed by atoms with Gasteiger partial charge in [-0.3, -0.25) is 4.99 Å². The van der Waals surface area contributed by atoms with Crippen molar-refractivity contribution >= 4 is 24.5 Å². The highest BCUT2D eigenvalue weighted by Crippen LogP contribution is 2.37. The largest absolute Gasteiger partial charge is 0.498 e. The Bertz CT molecular complexity index is 711. The molecule has 1 aliphatic heterocycles. The van der Waals surface area contributed by atoms with E-state index in [4.69, 9.17) is 24.8 Å². The second-order valence-corrected chi connectivity index (χ2v) is 8.95. The minimum atomic E-state index is -0.521. The molecule has 1 heterocycles. The lowest BCUT2D eigenvalue weighted by Gasteiger charge is -2.32. The molecule has 0 radical (unpaired) electrons. The van der Waals surface area contributed by atoms with Crippen LogP contribution in [0.15, 0.2) is 17.1 Å². The lowest BCUT2D eigenvalue weighted by atomic mass is 9.77. The number of nitrogens with two attached hydrogens (primary N) is 1. The van der Waals surface area contributed by atoms with Gasteiger partial charge in [0.25, 0.3) is 0 Å². The predicted molar refractivity (Wildman–Crippen MR) is 114 cm³/mol. The highest BCUT2D eigenvalue weighted by molar-refractivity contribution is 6.63. The van der Waals surface area contributed by atoms with Gasteiger partial charge < -0.3 is 24.9 Å². The third-order valence-corrected chi connectivity index (χ3v) is 6.44. The van der Waals surface area contributed by atoms with Crippen LogP contribution in [0.3, 0.4) is 0 Å². The highest BCUT2D eigenvalue weighted by atomic mass is 16.7. The number of hydrogen-bond acceptors (Lipinski definition) is 6. The van der Waals surface area contributed by atoms with E-state index >= 15 is 0 Å². The van der Waals surface area contributed by atoms with E-state index in [-0.39, 0.29) is 12.6 Å². The minimum Gasteiger partial charge on any atom is -0.497 e. The highest BCUT2D eigenvalue weighted by Gasteiger charge is 2.52. The van der Waals surface area contributed by atoms with Crippen LogP contribution in [-0.4, -0.2) is 49.4 Å². The molecule has 0 atom stereocenters. The van der Waals surface area contributed by atoms with Crippen molar-refractivity contribution < 1.29 is 19.2 Å². The zero-order valence-electron chi connectivity index (χ0n) is 17.7. The molecule has 1 saturated carbocycles. The molecule has 1 saturated heterocycles. The normalized spacial score (nSPS) is 26.7. The van der Waals surface area contributed by atoms with E-state index in [9.17, 15) is 5.11 Å². The average molecular weight is 388 g/mol. The van der Waals surface area contributed by atoms with Gasteiger partial charge in [-0.05, 0) is 65.4 Å². The fourth-order valence-corrected chi connectivity index (χ4v) is 3.73. The topological polar surface area (TPSA) is 86.3 Å². The van der Waals surface area contributed by atoms with Gasteiger partial charge in [-0.1, -0.05) is 0 Å². The smallest absolute Gasteiger partial charge is 0.497 e. The number of rotatable bonds is 5. The van der Waals surface area contributed by atoms with Crippen molar-refractivity contribution in [1.29, 1.82) is 0 Å². The fraction of sp³-hybridized carbons (Fsp3) is 0.667. The summed E-state index contributed by atoms with van der Waals surface area (Å²) in [5.74, 6) is 1.07. The summed E-state index contributed by atoms with van der Waals surface area (Å²) in [7, 11) is 1.10. The van der Waals surface area contributed by atoms with E-state index in [1.165, 1.54) is 0 Å². The molecule has 6 nitrogen and oxygen atoms in total. The van der Waals surface area contributed by atoms with Crippen molar-refractivity contribution in [3.63, 3.8) is 0 Å². The number of nitrogen functional groups attached to an aromatic ring is 1. The Balaban J connectivity index is 1.82. The van der Waals surface area contributed by atoms with E-state index in [1.54, 1.807) is 7.11 Å². The van der Waals surface area contributed by atoms with Crippen LogP contribution in [0.2, 0.25) is 0 Å². The zero-order chi connectivity index (χ0) is 20.5. The van der Waals surface area contributed by atoms with Crippen LogP contribution in [0, 0.1) is 5.92 Å². The van der Waals surface area contributed by atoms with Crippen molar-refractivity contribution in [1.82, 2.24) is 0 Å². The van der Waals surface area contributed by atoms with Gasteiger partial charge in [-0.25, -0.2) is 0 Å². The number of benzene rings is 1. The molecular formula is C21H33BN2O4. The Morgan fingerprint density at radius 2 is 1.79 bits per heavy atom. The number of aliphatic hydroxyl groups excluding tert-OH is 1. The first-order chi connectivity index (χ1) is 13.2. The lowest BCUT2D eigenvalue weighted by molar-refractivity contribution is 0.00578. The van der Waals surface area contributed by atoms with Gasteiger partial charge >= 0.3 is 7.12 Å². The van der Waals surface area contributed by atoms with Crippen molar-refractivity contribution in [2.24, 2.45) is 10.9 Å². The number of ether oxygens (including phenoxy) is 1. The Morgan fingerprint density at radius 3 is 2.32 bits per heavy atom. The second-order valence-electron chi connectivity index (χ2n) is 8.95. The molecule has 0 amide bonds. The van der Waals surface area contributed by atoms with Gasteiger partial charge in [-0.15, -0.1) is 0 Å². The van der Waals surface area contributed by atoms with E-state index in [2.05, 4.69) is 0 Å². The van der Waals surface area contributed by atoms with Crippen molar-refractivity contribution in [3.8, 4) is 5.75 Å². The Labute approximate surface area is 168 Å². The SMILES string of the molecule is COc1cc(N)c(C=NC2CCC(CO)CC2)cc1B1OC(C)(C)C(C)(C)O1. The van der Waals surface area contributed by atoms with Gasteiger partial charge in [-0.2, -0.15) is 0 Å². The maximum absolute atomic E-state index is 9.29. The Kier molecular flexibility index (Phi) is 6.08. The first kappa shape index (κ1) is 21.2. The molecule has 0 unspecified atom stereocenters. The third-order valence-electron chi connectivity index (χ3n) is 6.44. The lowest BCUT2D eigenvalue weighted by Crippen LogP contribution is -2.41. The summed E-state index contributed by atoms with van der Waals surface area (Å²) in [6.07, 6.45) is 5.91. The number of anilines is 1. The molecule has 154 valence electrons. The maximum atomic E-state index is 9.29. The maximum Gasteiger partial charge on any atom is 0.498 e. The first-order valence-corrected chi connectivity index (χ1v) is 10.1. The molecule has 0 aromatic heterocycles. The van der Waals surface area contributed by atoms with E-state index in [0.29, 0.717) is 17.4 Å². The quantitative estimate of drug-likeness (QED) is 0.460. The van der Waals surface area contributed by atoms with Gasteiger partial charge in [0.05, 0.1) is 18.3 Å². The second kappa shape index (κ2) is 8.05. The number of hydrogen-bond donors (Lipinski definition) is 2. The van der Waals surface area contributed by atoms with Crippen LogP contribution in [0.25, 0.3) is 0 Å². The molecule has 7 heteroatoms. The fourth-order valence-electron chi connectivity index (χ4n) is 3.73. The molecule has 0 bridgehead atoms. The van der Waals surface area contributed by atoms with Crippen LogP contribution in [0.1, 0.15) is 58.9 Å². The molecular weight excluding hydrogens is 355 g/mol. The van der Waals surface area contributed by atoms with E-state index < -0.39 is 18.3 Å². The molecule has 1 aliphatic carbocycles. The van der Waals surface area contributed by atoms with Gasteiger partial charge in [0, 0.05) is 41.6 Å².